The van der Waals surface area contributed by atoms with Crippen LogP contribution in [0.1, 0.15) is 31.9 Å². The first-order valence-electron chi connectivity index (χ1n) is 5.44. The second kappa shape index (κ2) is 4.13. The minimum atomic E-state index is 0.722. The number of imidazole rings is 1. The van der Waals surface area contributed by atoms with Crippen molar-refractivity contribution in [2.24, 2.45) is 13.0 Å². The summed E-state index contributed by atoms with van der Waals surface area (Å²) in [7, 11) is 2.04. The molecule has 1 aromatic heterocycles. The molecule has 0 saturated heterocycles. The molecule has 1 heterocycles. The number of aryl methyl sites for hydroxylation is 1. The quantitative estimate of drug-likeness (QED) is 0.792. The van der Waals surface area contributed by atoms with Crippen molar-refractivity contribution in [3.8, 4) is 0 Å². The number of nitrogens with one attached hydrogen (secondary N) is 1. The van der Waals surface area contributed by atoms with E-state index >= 15 is 0 Å². The third-order valence-electron chi connectivity index (χ3n) is 3.18. The fourth-order valence-electron chi connectivity index (χ4n) is 2.20. The van der Waals surface area contributed by atoms with Crippen molar-refractivity contribution in [3.63, 3.8) is 0 Å². The summed E-state index contributed by atoms with van der Waals surface area (Å²) < 4.78 is 2.07. The van der Waals surface area contributed by atoms with Gasteiger partial charge in [0.2, 0.25) is 0 Å². The van der Waals surface area contributed by atoms with Gasteiger partial charge >= 0.3 is 0 Å². The Kier molecular flexibility index (Phi) is 2.87. The van der Waals surface area contributed by atoms with E-state index in [1.807, 2.05) is 19.6 Å². The monoisotopic (exact) mass is 193 g/mol. The third kappa shape index (κ3) is 2.15. The molecule has 3 heteroatoms. The van der Waals surface area contributed by atoms with E-state index in [2.05, 4.69) is 21.8 Å². The van der Waals surface area contributed by atoms with Gasteiger partial charge in [0, 0.05) is 25.8 Å². The molecular formula is C11H19N3. The van der Waals surface area contributed by atoms with E-state index < -0.39 is 0 Å². The van der Waals surface area contributed by atoms with Gasteiger partial charge in [-0.2, -0.15) is 0 Å². The van der Waals surface area contributed by atoms with Gasteiger partial charge in [0.15, 0.2) is 0 Å². The zero-order valence-corrected chi connectivity index (χ0v) is 9.03. The van der Waals surface area contributed by atoms with Crippen LogP contribution in [0.25, 0.3) is 0 Å². The highest BCUT2D eigenvalue weighted by atomic mass is 15.0. The van der Waals surface area contributed by atoms with Gasteiger partial charge in [-0.3, -0.25) is 0 Å². The molecule has 1 saturated carbocycles. The average molecular weight is 193 g/mol. The van der Waals surface area contributed by atoms with Crippen molar-refractivity contribution < 1.29 is 0 Å². The summed E-state index contributed by atoms with van der Waals surface area (Å²) >= 11 is 0. The van der Waals surface area contributed by atoms with Gasteiger partial charge in [-0.25, -0.2) is 4.98 Å². The van der Waals surface area contributed by atoms with Gasteiger partial charge in [0.1, 0.15) is 0 Å². The SMILES string of the molecule is CC1CCC(NCc2cncn2C)C1. The summed E-state index contributed by atoms with van der Waals surface area (Å²) in [5, 5.41) is 3.59. The predicted octanol–water partition coefficient (Wildman–Crippen LogP) is 1.70. The molecule has 1 aliphatic carbocycles. The van der Waals surface area contributed by atoms with Crippen molar-refractivity contribution in [3.05, 3.63) is 18.2 Å². The number of nitrogens with zero attached hydrogens (tertiary/aromatic N) is 2. The molecule has 1 fully saturated rings. The molecule has 2 rings (SSSR count). The number of rotatable bonds is 3. The van der Waals surface area contributed by atoms with E-state index in [0.29, 0.717) is 0 Å². The topological polar surface area (TPSA) is 29.9 Å². The zero-order valence-electron chi connectivity index (χ0n) is 9.03. The Hall–Kier alpha value is -0.830. The molecule has 0 aromatic carbocycles. The van der Waals surface area contributed by atoms with Crippen LogP contribution in [-0.2, 0) is 13.6 Å². The lowest BCUT2D eigenvalue weighted by Crippen LogP contribution is -2.26. The van der Waals surface area contributed by atoms with Crippen LogP contribution in [-0.4, -0.2) is 15.6 Å². The Balaban J connectivity index is 1.80. The maximum Gasteiger partial charge on any atom is 0.0945 e. The number of aromatic nitrogens is 2. The van der Waals surface area contributed by atoms with Crippen LogP contribution in [0.3, 0.4) is 0 Å². The fourth-order valence-corrected chi connectivity index (χ4v) is 2.20. The molecule has 0 radical (unpaired) electrons. The zero-order chi connectivity index (χ0) is 9.97. The molecule has 0 aliphatic heterocycles. The number of hydrogen-bond acceptors (Lipinski definition) is 2. The summed E-state index contributed by atoms with van der Waals surface area (Å²) in [6.07, 6.45) is 7.83. The van der Waals surface area contributed by atoms with E-state index in [1.165, 1.54) is 25.0 Å². The molecule has 1 aromatic rings. The minimum Gasteiger partial charge on any atom is -0.337 e. The molecule has 2 atom stereocenters. The van der Waals surface area contributed by atoms with Gasteiger partial charge in [-0.15, -0.1) is 0 Å². The maximum atomic E-state index is 4.10. The highest BCUT2D eigenvalue weighted by molar-refractivity contribution is 4.97. The molecule has 14 heavy (non-hydrogen) atoms. The molecular weight excluding hydrogens is 174 g/mol. The van der Waals surface area contributed by atoms with Crippen LogP contribution in [0.5, 0.6) is 0 Å². The van der Waals surface area contributed by atoms with E-state index in [9.17, 15) is 0 Å². The van der Waals surface area contributed by atoms with E-state index in [1.54, 1.807) is 0 Å². The van der Waals surface area contributed by atoms with E-state index in [-0.39, 0.29) is 0 Å². The van der Waals surface area contributed by atoms with Gasteiger partial charge < -0.3 is 9.88 Å². The Morgan fingerprint density at radius 3 is 3.00 bits per heavy atom. The van der Waals surface area contributed by atoms with Crippen molar-refractivity contribution in [2.75, 3.05) is 0 Å². The minimum absolute atomic E-state index is 0.722. The van der Waals surface area contributed by atoms with Crippen LogP contribution in [0, 0.1) is 5.92 Å². The summed E-state index contributed by atoms with van der Waals surface area (Å²) in [4.78, 5) is 4.10. The maximum absolute atomic E-state index is 4.10. The second-order valence-electron chi connectivity index (χ2n) is 4.49. The first-order chi connectivity index (χ1) is 6.75. The highest BCUT2D eigenvalue weighted by Crippen LogP contribution is 2.24. The Bertz CT molecular complexity index is 292. The molecule has 1 N–H and O–H groups in total. The van der Waals surface area contributed by atoms with Crippen LogP contribution >= 0.6 is 0 Å². The lowest BCUT2D eigenvalue weighted by atomic mass is 10.1. The standard InChI is InChI=1S/C11H19N3/c1-9-3-4-10(5-9)13-7-11-6-12-8-14(11)2/h6,8-10,13H,3-5,7H2,1-2H3. The Labute approximate surface area is 85.5 Å². The van der Waals surface area contributed by atoms with Gasteiger partial charge in [-0.05, 0) is 25.2 Å². The van der Waals surface area contributed by atoms with Gasteiger partial charge in [0.25, 0.3) is 0 Å². The van der Waals surface area contributed by atoms with Crippen LogP contribution in [0.15, 0.2) is 12.5 Å². The van der Waals surface area contributed by atoms with Gasteiger partial charge in [-0.1, -0.05) is 6.92 Å². The summed E-state index contributed by atoms with van der Waals surface area (Å²) in [6, 6.07) is 0.722. The molecule has 2 unspecified atom stereocenters. The van der Waals surface area contributed by atoms with E-state index in [0.717, 1.165) is 18.5 Å². The molecule has 78 valence electrons. The summed E-state index contributed by atoms with van der Waals surface area (Å²) in [5.74, 6) is 0.902. The smallest absolute Gasteiger partial charge is 0.0945 e. The fraction of sp³-hybridized carbons (Fsp3) is 0.727. The van der Waals surface area contributed by atoms with Crippen molar-refractivity contribution >= 4 is 0 Å². The van der Waals surface area contributed by atoms with Gasteiger partial charge in [0.05, 0.1) is 12.0 Å². The second-order valence-corrected chi connectivity index (χ2v) is 4.49. The lowest BCUT2D eigenvalue weighted by Gasteiger charge is -2.12. The van der Waals surface area contributed by atoms with Crippen LogP contribution in [0.2, 0.25) is 0 Å². The van der Waals surface area contributed by atoms with Crippen LogP contribution < -0.4 is 5.32 Å². The first-order valence-corrected chi connectivity index (χ1v) is 5.44. The van der Waals surface area contributed by atoms with Crippen molar-refractivity contribution in [2.45, 2.75) is 38.8 Å². The first kappa shape index (κ1) is 9.71. The third-order valence-corrected chi connectivity index (χ3v) is 3.18. The largest absolute Gasteiger partial charge is 0.337 e. The molecule has 1 aliphatic rings. The molecule has 0 bridgehead atoms. The Morgan fingerprint density at radius 2 is 2.43 bits per heavy atom. The predicted molar refractivity (Wildman–Crippen MR) is 56.9 cm³/mol. The van der Waals surface area contributed by atoms with Crippen LogP contribution in [0.4, 0.5) is 0 Å². The average Bonchev–Trinajstić information content (AvgIpc) is 2.72. The van der Waals surface area contributed by atoms with E-state index in [4.69, 9.17) is 0 Å². The molecule has 3 nitrogen and oxygen atoms in total. The highest BCUT2D eigenvalue weighted by Gasteiger charge is 2.20. The summed E-state index contributed by atoms with van der Waals surface area (Å²) in [6.45, 7) is 3.29. The summed E-state index contributed by atoms with van der Waals surface area (Å²) in [5.41, 5.74) is 1.27. The van der Waals surface area contributed by atoms with Crippen molar-refractivity contribution in [1.82, 2.24) is 14.9 Å². The molecule has 0 amide bonds. The van der Waals surface area contributed by atoms with Crippen molar-refractivity contribution in [1.29, 1.82) is 0 Å². The lowest BCUT2D eigenvalue weighted by molar-refractivity contribution is 0.494. The Morgan fingerprint density at radius 1 is 1.57 bits per heavy atom. The number of hydrogen-bond donors (Lipinski definition) is 1. The normalized spacial score (nSPS) is 27.0. The molecule has 0 spiro atoms.